The van der Waals surface area contributed by atoms with E-state index in [0.717, 1.165) is 22.0 Å². The first-order valence-corrected chi connectivity index (χ1v) is 6.76. The number of aryl methyl sites for hydroxylation is 1. The molecule has 8 nitrogen and oxygen atoms in total. The lowest BCUT2D eigenvalue weighted by atomic mass is 10.0. The van der Waals surface area contributed by atoms with Gasteiger partial charge >= 0.3 is 0 Å². The quantitative estimate of drug-likeness (QED) is 0.722. The van der Waals surface area contributed by atoms with Crippen molar-refractivity contribution in [3.63, 3.8) is 0 Å². The first-order valence-electron chi connectivity index (χ1n) is 6.76. The van der Waals surface area contributed by atoms with Gasteiger partial charge in [0.25, 0.3) is 0 Å². The largest absolute Gasteiger partial charge is 0.367 e. The van der Waals surface area contributed by atoms with E-state index in [1.54, 1.807) is 6.20 Å². The summed E-state index contributed by atoms with van der Waals surface area (Å²) in [7, 11) is 0. The van der Waals surface area contributed by atoms with E-state index in [-0.39, 0.29) is 18.4 Å². The standard InChI is InChI=1S/C14H15N7O/c1-9-4-5-12-10(3-2-6-16-12)11(9)7-17-13(22)8-21-14(15)18-19-20-21/h2-6H,7-8H2,1H3,(H,17,22)(H2,15,18,20). The number of benzene rings is 1. The molecule has 0 radical (unpaired) electrons. The number of fused-ring (bicyclic) bond motifs is 1. The van der Waals surface area contributed by atoms with Crippen LogP contribution >= 0.6 is 0 Å². The second kappa shape index (κ2) is 5.76. The molecule has 1 amide bonds. The number of amides is 1. The van der Waals surface area contributed by atoms with Crippen LogP contribution in [0.15, 0.2) is 30.5 Å². The second-order valence-corrected chi connectivity index (χ2v) is 4.90. The zero-order valence-corrected chi connectivity index (χ0v) is 12.0. The number of carbonyl (C=O) groups is 1. The van der Waals surface area contributed by atoms with Crippen molar-refractivity contribution in [2.45, 2.75) is 20.0 Å². The fourth-order valence-corrected chi connectivity index (χ4v) is 2.26. The van der Waals surface area contributed by atoms with Crippen LogP contribution in [-0.2, 0) is 17.9 Å². The number of nitrogens with one attached hydrogen (secondary N) is 1. The van der Waals surface area contributed by atoms with Gasteiger partial charge in [-0.15, -0.1) is 0 Å². The highest BCUT2D eigenvalue weighted by Crippen LogP contribution is 2.20. The smallest absolute Gasteiger partial charge is 0.242 e. The van der Waals surface area contributed by atoms with Crippen LogP contribution in [0.3, 0.4) is 0 Å². The molecular formula is C14H15N7O. The van der Waals surface area contributed by atoms with Gasteiger partial charge in [0.2, 0.25) is 11.9 Å². The van der Waals surface area contributed by atoms with Crippen LogP contribution in [0.2, 0.25) is 0 Å². The Balaban J connectivity index is 1.75. The number of nitrogens with two attached hydrogens (primary N) is 1. The van der Waals surface area contributed by atoms with Gasteiger partial charge < -0.3 is 11.1 Å². The minimum atomic E-state index is -0.209. The van der Waals surface area contributed by atoms with E-state index in [1.807, 2.05) is 31.2 Å². The lowest BCUT2D eigenvalue weighted by Gasteiger charge is -2.11. The normalized spacial score (nSPS) is 10.8. The first-order chi connectivity index (χ1) is 10.6. The predicted molar refractivity (Wildman–Crippen MR) is 80.6 cm³/mol. The Morgan fingerprint density at radius 1 is 1.36 bits per heavy atom. The van der Waals surface area contributed by atoms with Crippen molar-refractivity contribution in [1.82, 2.24) is 30.5 Å². The first kappa shape index (κ1) is 13.9. The van der Waals surface area contributed by atoms with Gasteiger partial charge in [-0.05, 0) is 40.6 Å². The molecule has 1 aromatic carbocycles. The van der Waals surface area contributed by atoms with Crippen molar-refractivity contribution in [1.29, 1.82) is 0 Å². The maximum absolute atomic E-state index is 12.0. The number of nitrogens with zero attached hydrogens (tertiary/aromatic N) is 5. The highest BCUT2D eigenvalue weighted by Gasteiger charge is 2.10. The summed E-state index contributed by atoms with van der Waals surface area (Å²) in [5, 5.41) is 14.5. The van der Waals surface area contributed by atoms with Gasteiger partial charge in [-0.1, -0.05) is 17.2 Å². The van der Waals surface area contributed by atoms with E-state index < -0.39 is 0 Å². The van der Waals surface area contributed by atoms with Crippen molar-refractivity contribution in [3.05, 3.63) is 41.6 Å². The highest BCUT2D eigenvalue weighted by atomic mass is 16.2. The molecule has 0 spiro atoms. The number of carbonyl (C=O) groups excluding carboxylic acids is 1. The van der Waals surface area contributed by atoms with E-state index >= 15 is 0 Å². The van der Waals surface area contributed by atoms with E-state index in [9.17, 15) is 4.79 Å². The third-order valence-corrected chi connectivity index (χ3v) is 3.45. The Morgan fingerprint density at radius 3 is 3.00 bits per heavy atom. The summed E-state index contributed by atoms with van der Waals surface area (Å²) < 4.78 is 1.24. The number of tetrazole rings is 1. The number of anilines is 1. The summed E-state index contributed by atoms with van der Waals surface area (Å²) in [6.45, 7) is 2.41. The van der Waals surface area contributed by atoms with E-state index in [1.165, 1.54) is 4.68 Å². The summed E-state index contributed by atoms with van der Waals surface area (Å²) in [5.41, 5.74) is 8.58. The third-order valence-electron chi connectivity index (χ3n) is 3.45. The molecule has 112 valence electrons. The summed E-state index contributed by atoms with van der Waals surface area (Å²) in [4.78, 5) is 16.3. The summed E-state index contributed by atoms with van der Waals surface area (Å²) in [6, 6.07) is 7.85. The van der Waals surface area contributed by atoms with E-state index in [0.29, 0.717) is 6.54 Å². The molecule has 3 aromatic rings. The number of pyridine rings is 1. The maximum atomic E-state index is 12.0. The Morgan fingerprint density at radius 2 is 2.23 bits per heavy atom. The molecule has 0 aliphatic carbocycles. The Hall–Kier alpha value is -3.03. The topological polar surface area (TPSA) is 112 Å². The second-order valence-electron chi connectivity index (χ2n) is 4.90. The van der Waals surface area contributed by atoms with Crippen LogP contribution < -0.4 is 11.1 Å². The average molecular weight is 297 g/mol. The van der Waals surface area contributed by atoms with Crippen molar-refractivity contribution in [2.75, 3.05) is 5.73 Å². The van der Waals surface area contributed by atoms with Crippen LogP contribution in [0.5, 0.6) is 0 Å². The molecule has 0 fully saturated rings. The molecule has 2 heterocycles. The molecule has 0 aliphatic rings. The van der Waals surface area contributed by atoms with Gasteiger partial charge in [-0.25, -0.2) is 4.68 Å². The molecule has 0 saturated heterocycles. The molecule has 0 saturated carbocycles. The van der Waals surface area contributed by atoms with Crippen LogP contribution in [0.4, 0.5) is 5.95 Å². The molecule has 2 aromatic heterocycles. The van der Waals surface area contributed by atoms with Gasteiger partial charge in [-0.2, -0.15) is 0 Å². The molecule has 0 bridgehead atoms. The minimum absolute atomic E-state index is 0.0130. The van der Waals surface area contributed by atoms with Crippen LogP contribution in [0.25, 0.3) is 10.9 Å². The van der Waals surface area contributed by atoms with Gasteiger partial charge in [0.05, 0.1) is 5.52 Å². The highest BCUT2D eigenvalue weighted by molar-refractivity contribution is 5.84. The van der Waals surface area contributed by atoms with Gasteiger partial charge in [-0.3, -0.25) is 9.78 Å². The molecule has 0 aliphatic heterocycles. The van der Waals surface area contributed by atoms with Crippen molar-refractivity contribution < 1.29 is 4.79 Å². The third kappa shape index (κ3) is 2.71. The van der Waals surface area contributed by atoms with Crippen LogP contribution in [0.1, 0.15) is 11.1 Å². The molecule has 8 heteroatoms. The van der Waals surface area contributed by atoms with Crippen molar-refractivity contribution in [2.24, 2.45) is 0 Å². The fraction of sp³-hybridized carbons (Fsp3) is 0.214. The van der Waals surface area contributed by atoms with E-state index in [4.69, 9.17) is 5.73 Å². The number of hydrogen-bond acceptors (Lipinski definition) is 6. The predicted octanol–water partition coefficient (Wildman–Crippen LogP) is 0.428. The van der Waals surface area contributed by atoms with E-state index in [2.05, 4.69) is 25.8 Å². The molecule has 3 N–H and O–H groups in total. The molecule has 0 atom stereocenters. The van der Waals surface area contributed by atoms with Crippen LogP contribution in [0, 0.1) is 6.92 Å². The van der Waals surface area contributed by atoms with Crippen LogP contribution in [-0.4, -0.2) is 31.1 Å². The molecule has 0 unspecified atom stereocenters. The SMILES string of the molecule is Cc1ccc2ncccc2c1CNC(=O)Cn1nnnc1N. The number of nitrogen functional groups attached to an aromatic ring is 1. The summed E-state index contributed by atoms with van der Waals surface area (Å²) in [6.07, 6.45) is 1.75. The average Bonchev–Trinajstić information content (AvgIpc) is 2.91. The fourth-order valence-electron chi connectivity index (χ4n) is 2.26. The molecule has 22 heavy (non-hydrogen) atoms. The zero-order valence-electron chi connectivity index (χ0n) is 12.0. The number of rotatable bonds is 4. The van der Waals surface area contributed by atoms with Gasteiger partial charge in [0.15, 0.2) is 0 Å². The maximum Gasteiger partial charge on any atom is 0.242 e. The summed E-state index contributed by atoms with van der Waals surface area (Å²) >= 11 is 0. The molecular weight excluding hydrogens is 282 g/mol. The monoisotopic (exact) mass is 297 g/mol. The lowest BCUT2D eigenvalue weighted by molar-refractivity contribution is -0.122. The number of aromatic nitrogens is 5. The minimum Gasteiger partial charge on any atom is -0.367 e. The summed E-state index contributed by atoms with van der Waals surface area (Å²) in [5.74, 6) is -0.0972. The Kier molecular flexibility index (Phi) is 3.65. The van der Waals surface area contributed by atoms with Crippen molar-refractivity contribution in [3.8, 4) is 0 Å². The van der Waals surface area contributed by atoms with Gasteiger partial charge in [0, 0.05) is 18.1 Å². The van der Waals surface area contributed by atoms with Gasteiger partial charge in [0.1, 0.15) is 6.54 Å². The van der Waals surface area contributed by atoms with Crippen molar-refractivity contribution >= 4 is 22.8 Å². The lowest BCUT2D eigenvalue weighted by Crippen LogP contribution is -2.28. The Bertz CT molecular complexity index is 827. The molecule has 3 rings (SSSR count). The Labute approximate surface area is 126 Å². The number of hydrogen-bond donors (Lipinski definition) is 2. The zero-order chi connectivity index (χ0) is 15.5.